The molecule has 0 radical (unpaired) electrons. The number of carbonyl (C=O) groups excluding carboxylic acids is 1. The smallest absolute Gasteiger partial charge is 0.262 e. The minimum Gasteiger partial charge on any atom is -0.489 e. The predicted molar refractivity (Wildman–Crippen MR) is 145 cm³/mol. The zero-order chi connectivity index (χ0) is 24.0. The fourth-order valence-corrected chi connectivity index (χ4v) is 6.13. The number of rotatable bonds is 7. The molecule has 35 heavy (non-hydrogen) atoms. The summed E-state index contributed by atoms with van der Waals surface area (Å²) in [5.41, 5.74) is 3.08. The second-order valence-electron chi connectivity index (χ2n) is 9.37. The van der Waals surface area contributed by atoms with Crippen molar-refractivity contribution < 1.29 is 9.53 Å². The summed E-state index contributed by atoms with van der Waals surface area (Å²) in [6, 6.07) is 28.6. The molecule has 1 aliphatic carbocycles. The van der Waals surface area contributed by atoms with Gasteiger partial charge in [0.05, 0.1) is 4.91 Å². The highest BCUT2D eigenvalue weighted by atomic mass is 32.2. The molecule has 1 N–H and O–H groups in total. The molecular weight excluding hydrogens is 452 g/mol. The van der Waals surface area contributed by atoms with Gasteiger partial charge < -0.3 is 15.0 Å². The largest absolute Gasteiger partial charge is 0.489 e. The van der Waals surface area contributed by atoms with Gasteiger partial charge in [0, 0.05) is 11.7 Å². The third-order valence-corrected chi connectivity index (χ3v) is 7.96. The van der Waals surface area contributed by atoms with Crippen LogP contribution < -0.4 is 10.1 Å². The van der Waals surface area contributed by atoms with Gasteiger partial charge in [0.1, 0.15) is 12.4 Å². The fourth-order valence-electron chi connectivity index (χ4n) is 4.92. The first kappa shape index (κ1) is 23.6. The van der Waals surface area contributed by atoms with Crippen LogP contribution in [0.3, 0.4) is 0 Å². The van der Waals surface area contributed by atoms with Gasteiger partial charge in [-0.15, -0.1) is 0 Å². The van der Waals surface area contributed by atoms with Gasteiger partial charge in [-0.25, -0.2) is 0 Å². The van der Waals surface area contributed by atoms with Crippen LogP contribution in [0.2, 0.25) is 0 Å². The normalized spacial score (nSPS) is 23.5. The van der Waals surface area contributed by atoms with Crippen LogP contribution in [0.25, 0.3) is 6.08 Å². The van der Waals surface area contributed by atoms with Crippen LogP contribution in [0.5, 0.6) is 5.75 Å². The van der Waals surface area contributed by atoms with Gasteiger partial charge >= 0.3 is 0 Å². The molecule has 5 rings (SSSR count). The van der Waals surface area contributed by atoms with Crippen molar-refractivity contribution in [1.29, 1.82) is 0 Å². The number of hydrogen-bond acceptors (Lipinski definition) is 4. The maximum Gasteiger partial charge on any atom is 0.262 e. The van der Waals surface area contributed by atoms with Crippen LogP contribution in [0.4, 0.5) is 5.69 Å². The number of nitrogens with one attached hydrogen (secondary N) is 1. The van der Waals surface area contributed by atoms with E-state index in [2.05, 4.69) is 41.4 Å². The highest BCUT2D eigenvalue weighted by molar-refractivity contribution is 8.05. The van der Waals surface area contributed by atoms with Gasteiger partial charge in [-0.1, -0.05) is 92.2 Å². The predicted octanol–water partition coefficient (Wildman–Crippen LogP) is 7.16. The van der Waals surface area contributed by atoms with Crippen molar-refractivity contribution in [3.05, 3.63) is 101 Å². The minimum atomic E-state index is -0.102. The number of hydrogen-bond donors (Lipinski definition) is 1. The van der Waals surface area contributed by atoms with Crippen LogP contribution in [0, 0.1) is 5.92 Å². The van der Waals surface area contributed by atoms with Crippen molar-refractivity contribution >= 4 is 29.4 Å². The third kappa shape index (κ3) is 5.73. The van der Waals surface area contributed by atoms with E-state index in [1.54, 1.807) is 11.8 Å². The molecule has 0 spiro atoms. The van der Waals surface area contributed by atoms with Crippen molar-refractivity contribution in [2.24, 2.45) is 5.92 Å². The number of nitrogens with zero attached hydrogens (tertiary/aromatic N) is 1. The summed E-state index contributed by atoms with van der Waals surface area (Å²) in [4.78, 5) is 16.5. The average Bonchev–Trinajstić information content (AvgIpc) is 3.19. The molecule has 0 aromatic heterocycles. The number of ether oxygens (including phenoxy) is 1. The Balaban J connectivity index is 1.32. The van der Waals surface area contributed by atoms with E-state index in [9.17, 15) is 4.79 Å². The summed E-state index contributed by atoms with van der Waals surface area (Å²) in [5.74, 6) is 1.46. The summed E-state index contributed by atoms with van der Waals surface area (Å²) in [6.07, 6.45) is 6.71. The molecule has 0 bridgehead atoms. The number of para-hydroxylation sites is 1. The van der Waals surface area contributed by atoms with E-state index in [1.165, 1.54) is 19.3 Å². The number of carbonyl (C=O) groups is 1. The minimum absolute atomic E-state index is 0.102. The third-order valence-electron chi connectivity index (χ3n) is 6.85. The summed E-state index contributed by atoms with van der Waals surface area (Å²) in [6.45, 7) is 2.83. The monoisotopic (exact) mass is 484 g/mol. The van der Waals surface area contributed by atoms with E-state index in [4.69, 9.17) is 4.74 Å². The Morgan fingerprint density at radius 3 is 2.34 bits per heavy atom. The lowest BCUT2D eigenvalue weighted by Gasteiger charge is -2.39. The highest BCUT2D eigenvalue weighted by Gasteiger charge is 2.42. The Labute approximate surface area is 212 Å². The Hall–Kier alpha value is -3.18. The summed E-state index contributed by atoms with van der Waals surface area (Å²) in [7, 11) is 0. The molecule has 1 aliphatic heterocycles. The maximum absolute atomic E-state index is 13.7. The van der Waals surface area contributed by atoms with Gasteiger partial charge in [0.25, 0.3) is 5.91 Å². The van der Waals surface area contributed by atoms with E-state index in [0.29, 0.717) is 12.5 Å². The van der Waals surface area contributed by atoms with E-state index < -0.39 is 0 Å². The van der Waals surface area contributed by atoms with Crippen LogP contribution in [0.1, 0.15) is 43.7 Å². The first-order chi connectivity index (χ1) is 17.2. The number of anilines is 1. The van der Waals surface area contributed by atoms with Gasteiger partial charge in [-0.2, -0.15) is 0 Å². The molecule has 3 aromatic carbocycles. The molecule has 1 unspecified atom stereocenters. The van der Waals surface area contributed by atoms with E-state index in [-0.39, 0.29) is 17.4 Å². The lowest BCUT2D eigenvalue weighted by atomic mass is 9.85. The molecule has 4 nitrogen and oxygen atoms in total. The highest BCUT2D eigenvalue weighted by Crippen LogP contribution is 2.42. The van der Waals surface area contributed by atoms with Crippen LogP contribution in [0.15, 0.2) is 89.8 Å². The van der Waals surface area contributed by atoms with Crippen molar-refractivity contribution in [2.45, 2.75) is 50.8 Å². The van der Waals surface area contributed by atoms with E-state index >= 15 is 0 Å². The maximum atomic E-state index is 13.7. The van der Waals surface area contributed by atoms with Gasteiger partial charge in [0.2, 0.25) is 0 Å². The van der Waals surface area contributed by atoms with Crippen molar-refractivity contribution in [2.75, 3.05) is 5.32 Å². The van der Waals surface area contributed by atoms with Crippen molar-refractivity contribution in [3.63, 3.8) is 0 Å². The molecule has 5 heteroatoms. The van der Waals surface area contributed by atoms with E-state index in [1.807, 2.05) is 66.7 Å². The fraction of sp³-hybridized carbons (Fsp3) is 0.300. The summed E-state index contributed by atoms with van der Waals surface area (Å²) >= 11 is 1.62. The lowest BCUT2D eigenvalue weighted by molar-refractivity contribution is -0.129. The molecule has 1 heterocycles. The molecule has 180 valence electrons. The Bertz CT molecular complexity index is 1150. The molecule has 2 fully saturated rings. The topological polar surface area (TPSA) is 41.6 Å². The Morgan fingerprint density at radius 2 is 1.63 bits per heavy atom. The van der Waals surface area contributed by atoms with Crippen LogP contribution in [-0.4, -0.2) is 22.3 Å². The standard InChI is InChI=1S/C30H32N2O2S/c1-22-10-8-9-15-27(22)32-29(33)28(35-30(32)31-25-13-6-3-7-14-25)20-23-16-18-26(19-17-23)34-21-24-11-4-2-5-12-24/h2-7,11-14,16-20,22,27,30-31H,8-10,15,21H2,1H3/b28-20-/t22-,27+,30?/m1/s1. The Morgan fingerprint density at radius 1 is 0.943 bits per heavy atom. The zero-order valence-electron chi connectivity index (χ0n) is 20.1. The number of thioether (sulfide) groups is 1. The zero-order valence-corrected chi connectivity index (χ0v) is 20.9. The average molecular weight is 485 g/mol. The molecular formula is C30H32N2O2S. The molecule has 2 aliphatic rings. The second kappa shape index (κ2) is 11.0. The lowest BCUT2D eigenvalue weighted by Crippen LogP contribution is -2.48. The van der Waals surface area contributed by atoms with Crippen LogP contribution in [-0.2, 0) is 11.4 Å². The molecule has 3 atom stereocenters. The van der Waals surface area contributed by atoms with Crippen molar-refractivity contribution in [3.8, 4) is 5.75 Å². The first-order valence-electron chi connectivity index (χ1n) is 12.5. The number of amides is 1. The molecule has 1 amide bonds. The van der Waals surface area contributed by atoms with Gasteiger partial charge in [-0.05, 0) is 60.2 Å². The molecule has 3 aromatic rings. The number of benzene rings is 3. The SMILES string of the molecule is C[C@@H]1CCCC[C@@H]1N1C(=O)/C(=C/c2ccc(OCc3ccccc3)cc2)SC1Nc1ccccc1. The Kier molecular flexibility index (Phi) is 7.43. The van der Waals surface area contributed by atoms with Crippen molar-refractivity contribution in [1.82, 2.24) is 4.90 Å². The van der Waals surface area contributed by atoms with Crippen LogP contribution >= 0.6 is 11.8 Å². The summed E-state index contributed by atoms with van der Waals surface area (Å²) < 4.78 is 5.92. The quantitative estimate of drug-likeness (QED) is 0.361. The summed E-state index contributed by atoms with van der Waals surface area (Å²) in [5, 5.41) is 3.60. The van der Waals surface area contributed by atoms with Gasteiger partial charge in [0.15, 0.2) is 5.50 Å². The first-order valence-corrected chi connectivity index (χ1v) is 13.3. The second-order valence-corrected chi connectivity index (χ2v) is 10.5. The molecule has 1 saturated carbocycles. The van der Waals surface area contributed by atoms with Gasteiger partial charge in [-0.3, -0.25) is 4.79 Å². The van der Waals surface area contributed by atoms with E-state index in [0.717, 1.165) is 33.9 Å². The molecule has 1 saturated heterocycles.